The molecule has 2 fully saturated rings. The van der Waals surface area contributed by atoms with Crippen molar-refractivity contribution in [2.45, 2.75) is 25.7 Å². The topological polar surface area (TPSA) is 167 Å². The van der Waals surface area contributed by atoms with Crippen LogP contribution in [0.1, 0.15) is 36.2 Å². The van der Waals surface area contributed by atoms with E-state index in [9.17, 15) is 19.5 Å². The van der Waals surface area contributed by atoms with Crippen molar-refractivity contribution >= 4 is 40.2 Å². The van der Waals surface area contributed by atoms with Gasteiger partial charge in [0.2, 0.25) is 11.8 Å². The normalized spacial score (nSPS) is 18.9. The first kappa shape index (κ1) is 25.2. The van der Waals surface area contributed by atoms with Crippen LogP contribution in [-0.4, -0.2) is 73.2 Å². The molecule has 0 spiro atoms. The van der Waals surface area contributed by atoms with Crippen LogP contribution >= 0.6 is 0 Å². The fourth-order valence-electron chi connectivity index (χ4n) is 5.26. The van der Waals surface area contributed by atoms with Gasteiger partial charge >= 0.3 is 5.97 Å². The minimum atomic E-state index is -0.817. The highest BCUT2D eigenvalue weighted by molar-refractivity contribution is 6.00. The third kappa shape index (κ3) is 4.76. The van der Waals surface area contributed by atoms with Gasteiger partial charge in [0, 0.05) is 56.8 Å². The maximum Gasteiger partial charge on any atom is 0.306 e. The van der Waals surface area contributed by atoms with E-state index in [4.69, 9.17) is 10.9 Å². The van der Waals surface area contributed by atoms with Crippen LogP contribution < -0.4 is 10.6 Å². The van der Waals surface area contributed by atoms with Crippen molar-refractivity contribution in [3.05, 3.63) is 53.5 Å². The standard InChI is InChI=1S/C26H29N7O5/c1-31-22-12-21(24(27)30-38)28-13-19(22)20(29-31)10-15-2-4-18(5-3-15)33-14-17(11-23(33)34)25(35)32-8-6-16(7-9-32)26(36)37/h2-5,12-13,16-17,38H,6-11,14H2,1H3,(H2,27,30)(H,36,37). The second-order valence-electron chi connectivity index (χ2n) is 9.83. The van der Waals surface area contributed by atoms with E-state index >= 15 is 0 Å². The molecule has 12 nitrogen and oxygen atoms in total. The lowest BCUT2D eigenvalue weighted by Gasteiger charge is -2.31. The molecular formula is C26H29N7O5. The Bertz CT molecular complexity index is 1420. The molecule has 3 aromatic rings. The van der Waals surface area contributed by atoms with Gasteiger partial charge in [-0.25, -0.2) is 0 Å². The minimum absolute atomic E-state index is 0.0756. The summed E-state index contributed by atoms with van der Waals surface area (Å²) in [4.78, 5) is 44.6. The zero-order chi connectivity index (χ0) is 27.0. The number of carboxylic acid groups (broad SMARTS) is 1. The third-order valence-corrected chi connectivity index (χ3v) is 7.43. The van der Waals surface area contributed by atoms with E-state index in [0.29, 0.717) is 44.6 Å². The Hall–Kier alpha value is -4.48. The largest absolute Gasteiger partial charge is 0.481 e. The Morgan fingerprint density at radius 2 is 1.87 bits per heavy atom. The monoisotopic (exact) mass is 519 g/mol. The van der Waals surface area contributed by atoms with Gasteiger partial charge in [-0.2, -0.15) is 5.10 Å². The summed E-state index contributed by atoms with van der Waals surface area (Å²) in [6.07, 6.45) is 3.24. The number of fused-ring (bicyclic) bond motifs is 1. The molecule has 2 saturated heterocycles. The highest BCUT2D eigenvalue weighted by Crippen LogP contribution is 2.29. The maximum atomic E-state index is 13.0. The smallest absolute Gasteiger partial charge is 0.306 e. The van der Waals surface area contributed by atoms with Crippen LogP contribution in [0.25, 0.3) is 10.9 Å². The summed E-state index contributed by atoms with van der Waals surface area (Å²) in [5.74, 6) is -1.90. The number of carboxylic acids is 1. The molecule has 12 heteroatoms. The van der Waals surface area contributed by atoms with Crippen molar-refractivity contribution in [2.24, 2.45) is 29.8 Å². The van der Waals surface area contributed by atoms with E-state index < -0.39 is 17.8 Å². The first-order valence-electron chi connectivity index (χ1n) is 12.5. The molecule has 2 aliphatic heterocycles. The number of piperidine rings is 1. The van der Waals surface area contributed by atoms with Crippen LogP contribution in [0.4, 0.5) is 5.69 Å². The van der Waals surface area contributed by atoms with Gasteiger partial charge in [-0.15, -0.1) is 0 Å². The second-order valence-corrected chi connectivity index (χ2v) is 9.83. The Kier molecular flexibility index (Phi) is 6.70. The lowest BCUT2D eigenvalue weighted by atomic mass is 9.95. The van der Waals surface area contributed by atoms with Gasteiger partial charge in [-0.05, 0) is 36.6 Å². The van der Waals surface area contributed by atoms with Crippen LogP contribution in [0.3, 0.4) is 0 Å². The van der Waals surface area contributed by atoms with Crippen molar-refractivity contribution in [1.82, 2.24) is 19.7 Å². The van der Waals surface area contributed by atoms with Crippen molar-refractivity contribution < 1.29 is 24.7 Å². The van der Waals surface area contributed by atoms with Crippen molar-refractivity contribution in [1.29, 1.82) is 0 Å². The number of hydrogen-bond donors (Lipinski definition) is 3. The Morgan fingerprint density at radius 1 is 1.16 bits per heavy atom. The van der Waals surface area contributed by atoms with E-state index in [2.05, 4.69) is 15.2 Å². The molecule has 38 heavy (non-hydrogen) atoms. The first-order valence-corrected chi connectivity index (χ1v) is 12.5. The average Bonchev–Trinajstić information content (AvgIpc) is 3.47. The highest BCUT2D eigenvalue weighted by atomic mass is 16.4. The van der Waals surface area contributed by atoms with Crippen molar-refractivity contribution in [2.75, 3.05) is 24.5 Å². The van der Waals surface area contributed by atoms with Crippen LogP contribution in [-0.2, 0) is 27.9 Å². The number of carbonyl (C=O) groups excluding carboxylic acids is 2. The summed E-state index contributed by atoms with van der Waals surface area (Å²) in [5, 5.41) is 26.5. The van der Waals surface area contributed by atoms with Gasteiger partial charge in [0.1, 0.15) is 5.69 Å². The molecule has 1 atom stereocenters. The number of aromatic nitrogens is 3. The predicted octanol–water partition coefficient (Wildman–Crippen LogP) is 1.33. The van der Waals surface area contributed by atoms with Crippen molar-refractivity contribution in [3.8, 4) is 0 Å². The van der Waals surface area contributed by atoms with Crippen LogP contribution in [0.15, 0.2) is 41.7 Å². The van der Waals surface area contributed by atoms with E-state index in [1.165, 1.54) is 0 Å². The van der Waals surface area contributed by atoms with E-state index in [0.717, 1.165) is 27.8 Å². The summed E-state index contributed by atoms with van der Waals surface area (Å²) in [5.41, 5.74) is 9.37. The van der Waals surface area contributed by atoms with Crippen LogP contribution in [0.5, 0.6) is 0 Å². The molecule has 2 aromatic heterocycles. The van der Waals surface area contributed by atoms with Gasteiger partial charge in [0.15, 0.2) is 5.84 Å². The number of nitrogens with two attached hydrogens (primary N) is 1. The second kappa shape index (κ2) is 10.1. The molecule has 0 saturated carbocycles. The number of aliphatic carboxylic acids is 1. The number of oxime groups is 1. The zero-order valence-corrected chi connectivity index (χ0v) is 20.9. The summed E-state index contributed by atoms with van der Waals surface area (Å²) >= 11 is 0. The quantitative estimate of drug-likeness (QED) is 0.190. The number of carbonyl (C=O) groups is 3. The average molecular weight is 520 g/mol. The number of nitrogens with zero attached hydrogens (tertiary/aromatic N) is 6. The Balaban J connectivity index is 1.25. The van der Waals surface area contributed by atoms with Crippen LogP contribution in [0, 0.1) is 11.8 Å². The van der Waals surface area contributed by atoms with Gasteiger partial charge < -0.3 is 25.8 Å². The summed E-state index contributed by atoms with van der Waals surface area (Å²) in [7, 11) is 1.82. The molecule has 2 amide bonds. The number of pyridine rings is 1. The van der Waals surface area contributed by atoms with Gasteiger partial charge in [-0.3, -0.25) is 24.0 Å². The number of amides is 2. The lowest BCUT2D eigenvalue weighted by Crippen LogP contribution is -2.43. The molecule has 0 radical (unpaired) electrons. The fraction of sp³-hybridized carbons (Fsp3) is 0.385. The molecular weight excluding hydrogens is 490 g/mol. The molecule has 4 N–H and O–H groups in total. The van der Waals surface area contributed by atoms with Gasteiger partial charge in [-0.1, -0.05) is 17.3 Å². The van der Waals surface area contributed by atoms with Gasteiger partial charge in [0.25, 0.3) is 0 Å². The Morgan fingerprint density at radius 3 is 2.53 bits per heavy atom. The molecule has 198 valence electrons. The fourth-order valence-corrected chi connectivity index (χ4v) is 5.26. The van der Waals surface area contributed by atoms with E-state index in [1.807, 2.05) is 31.3 Å². The van der Waals surface area contributed by atoms with Gasteiger partial charge in [0.05, 0.1) is 23.0 Å². The minimum Gasteiger partial charge on any atom is -0.481 e. The number of rotatable bonds is 6. The summed E-state index contributed by atoms with van der Waals surface area (Å²) < 4.78 is 1.72. The molecule has 5 rings (SSSR count). The van der Waals surface area contributed by atoms with E-state index in [-0.39, 0.29) is 24.1 Å². The molecule has 2 aliphatic rings. The number of likely N-dealkylation sites (tertiary alicyclic amines) is 1. The van der Waals surface area contributed by atoms with Crippen molar-refractivity contribution in [3.63, 3.8) is 0 Å². The molecule has 4 heterocycles. The predicted molar refractivity (Wildman–Crippen MR) is 138 cm³/mol. The van der Waals surface area contributed by atoms with Crippen LogP contribution in [0.2, 0.25) is 0 Å². The number of anilines is 1. The maximum absolute atomic E-state index is 13.0. The third-order valence-electron chi connectivity index (χ3n) is 7.43. The molecule has 1 unspecified atom stereocenters. The SMILES string of the molecule is Cn1nc(Cc2ccc(N3CC(C(=O)N4CCC(C(=O)O)CC4)CC3=O)cc2)c2cnc(/C(N)=N/O)cc21. The zero-order valence-electron chi connectivity index (χ0n) is 20.9. The number of amidine groups is 1. The van der Waals surface area contributed by atoms with E-state index in [1.54, 1.807) is 26.7 Å². The number of hydrogen-bond acceptors (Lipinski definition) is 7. The summed E-state index contributed by atoms with van der Waals surface area (Å²) in [6, 6.07) is 9.34. The molecule has 1 aromatic carbocycles. The molecule has 0 bridgehead atoms. The lowest BCUT2D eigenvalue weighted by molar-refractivity contribution is -0.146. The highest BCUT2D eigenvalue weighted by Gasteiger charge is 2.38. The number of benzene rings is 1. The molecule has 0 aliphatic carbocycles. The first-order chi connectivity index (χ1) is 18.2. The number of aryl methyl sites for hydroxylation is 1. The Labute approximate surface area is 218 Å². The summed E-state index contributed by atoms with van der Waals surface area (Å²) in [6.45, 7) is 1.14.